The third kappa shape index (κ3) is 3.36. The molecule has 0 bridgehead atoms. The van der Waals surface area contributed by atoms with Gasteiger partial charge >= 0.3 is 0 Å². The molecule has 1 atom stereocenters. The molecule has 3 heterocycles. The van der Waals surface area contributed by atoms with Gasteiger partial charge in [-0.25, -0.2) is 0 Å². The second-order valence-corrected chi connectivity index (χ2v) is 5.68. The van der Waals surface area contributed by atoms with E-state index in [0.717, 1.165) is 25.0 Å². The van der Waals surface area contributed by atoms with Gasteiger partial charge in [0.15, 0.2) is 0 Å². The Morgan fingerprint density at radius 2 is 2.23 bits per heavy atom. The fraction of sp³-hybridized carbons (Fsp3) is 0.412. The van der Waals surface area contributed by atoms with Gasteiger partial charge in [0, 0.05) is 45.3 Å². The van der Waals surface area contributed by atoms with E-state index in [2.05, 4.69) is 4.98 Å². The van der Waals surface area contributed by atoms with Crippen molar-refractivity contribution >= 4 is 5.91 Å². The molecule has 1 aliphatic rings. The first-order valence-electron chi connectivity index (χ1n) is 7.65. The lowest BCUT2D eigenvalue weighted by atomic mass is 10.2. The van der Waals surface area contributed by atoms with Gasteiger partial charge in [0.2, 0.25) is 0 Å². The van der Waals surface area contributed by atoms with E-state index >= 15 is 0 Å². The van der Waals surface area contributed by atoms with Gasteiger partial charge in [0.05, 0.1) is 6.10 Å². The fourth-order valence-corrected chi connectivity index (χ4v) is 2.81. The number of aromatic nitrogens is 2. The van der Waals surface area contributed by atoms with Crippen molar-refractivity contribution < 1.29 is 9.53 Å². The predicted octanol–water partition coefficient (Wildman–Crippen LogP) is 2.24. The smallest absolute Gasteiger partial charge is 0.270 e. The zero-order valence-corrected chi connectivity index (χ0v) is 12.8. The maximum absolute atomic E-state index is 12.9. The first kappa shape index (κ1) is 14.8. The Hall–Kier alpha value is -2.14. The molecule has 3 rings (SSSR count). The molecule has 1 fully saturated rings. The van der Waals surface area contributed by atoms with Gasteiger partial charge < -0.3 is 14.2 Å². The highest BCUT2D eigenvalue weighted by molar-refractivity contribution is 5.92. The van der Waals surface area contributed by atoms with Crippen LogP contribution < -0.4 is 0 Å². The Kier molecular flexibility index (Phi) is 4.53. The summed E-state index contributed by atoms with van der Waals surface area (Å²) in [5.74, 6) is 0.0415. The quantitative estimate of drug-likeness (QED) is 0.850. The molecule has 0 spiro atoms. The molecular weight excluding hydrogens is 278 g/mol. The number of aryl methyl sites for hydroxylation is 1. The molecule has 5 heteroatoms. The highest BCUT2D eigenvalue weighted by atomic mass is 16.5. The monoisotopic (exact) mass is 299 g/mol. The highest BCUT2D eigenvalue weighted by Crippen LogP contribution is 2.17. The largest absolute Gasteiger partial charge is 0.376 e. The first-order chi connectivity index (χ1) is 10.7. The predicted molar refractivity (Wildman–Crippen MR) is 83.4 cm³/mol. The summed E-state index contributed by atoms with van der Waals surface area (Å²) < 4.78 is 7.56. The lowest BCUT2D eigenvalue weighted by Gasteiger charge is -2.25. The van der Waals surface area contributed by atoms with Crippen LogP contribution in [0.3, 0.4) is 0 Å². The molecule has 116 valence electrons. The second-order valence-electron chi connectivity index (χ2n) is 5.68. The SMILES string of the molecule is Cn1cccc1C(=O)N(Cc1ccncc1)C[C@@H]1CCCO1. The van der Waals surface area contributed by atoms with Crippen molar-refractivity contribution in [3.63, 3.8) is 0 Å². The minimum atomic E-state index is 0.0415. The van der Waals surface area contributed by atoms with Crippen molar-refractivity contribution in [3.05, 3.63) is 54.1 Å². The average Bonchev–Trinajstić information content (AvgIpc) is 3.18. The lowest BCUT2D eigenvalue weighted by molar-refractivity contribution is 0.0500. The summed E-state index contributed by atoms with van der Waals surface area (Å²) in [4.78, 5) is 18.8. The Bertz CT molecular complexity index is 618. The normalized spacial score (nSPS) is 17.6. The van der Waals surface area contributed by atoms with Crippen LogP contribution in [0.2, 0.25) is 0 Å². The molecule has 0 radical (unpaired) electrons. The van der Waals surface area contributed by atoms with Crippen molar-refractivity contribution in [2.45, 2.75) is 25.5 Å². The highest BCUT2D eigenvalue weighted by Gasteiger charge is 2.24. The van der Waals surface area contributed by atoms with Crippen molar-refractivity contribution in [1.82, 2.24) is 14.5 Å². The van der Waals surface area contributed by atoms with Gasteiger partial charge in [0.25, 0.3) is 5.91 Å². The maximum atomic E-state index is 12.9. The Labute approximate surface area is 130 Å². The topological polar surface area (TPSA) is 47.4 Å². The van der Waals surface area contributed by atoms with Crippen molar-refractivity contribution in [2.24, 2.45) is 7.05 Å². The second kappa shape index (κ2) is 6.75. The molecule has 0 aliphatic carbocycles. The van der Waals surface area contributed by atoms with Crippen LogP contribution in [0, 0.1) is 0 Å². The van der Waals surface area contributed by atoms with Crippen LogP contribution in [-0.2, 0) is 18.3 Å². The number of hydrogen-bond acceptors (Lipinski definition) is 3. The number of rotatable bonds is 5. The summed E-state index contributed by atoms with van der Waals surface area (Å²) in [6, 6.07) is 7.64. The Morgan fingerprint density at radius 1 is 1.41 bits per heavy atom. The van der Waals surface area contributed by atoms with E-state index in [4.69, 9.17) is 4.74 Å². The van der Waals surface area contributed by atoms with Gasteiger partial charge in [-0.1, -0.05) is 0 Å². The third-order valence-corrected chi connectivity index (χ3v) is 4.02. The summed E-state index contributed by atoms with van der Waals surface area (Å²) in [5, 5.41) is 0. The van der Waals surface area contributed by atoms with Crippen LogP contribution in [0.1, 0.15) is 28.9 Å². The van der Waals surface area contributed by atoms with E-state index in [1.807, 2.05) is 47.0 Å². The minimum Gasteiger partial charge on any atom is -0.376 e. The number of hydrogen-bond donors (Lipinski definition) is 0. The average molecular weight is 299 g/mol. The van der Waals surface area contributed by atoms with E-state index in [1.54, 1.807) is 12.4 Å². The molecule has 1 aliphatic heterocycles. The van der Waals surface area contributed by atoms with Crippen LogP contribution in [-0.4, -0.2) is 39.6 Å². The minimum absolute atomic E-state index is 0.0415. The molecule has 5 nitrogen and oxygen atoms in total. The van der Waals surface area contributed by atoms with Gasteiger partial charge in [-0.2, -0.15) is 0 Å². The van der Waals surface area contributed by atoms with Crippen LogP contribution in [0.4, 0.5) is 0 Å². The molecule has 2 aromatic heterocycles. The Balaban J connectivity index is 1.78. The van der Waals surface area contributed by atoms with Gasteiger partial charge in [-0.3, -0.25) is 9.78 Å². The summed E-state index contributed by atoms with van der Waals surface area (Å²) in [6.45, 7) is 2.00. The molecule has 0 unspecified atom stereocenters. The maximum Gasteiger partial charge on any atom is 0.270 e. The number of pyridine rings is 1. The first-order valence-corrected chi connectivity index (χ1v) is 7.65. The summed E-state index contributed by atoms with van der Waals surface area (Å²) in [7, 11) is 1.89. The van der Waals surface area contributed by atoms with Crippen LogP contribution in [0.25, 0.3) is 0 Å². The van der Waals surface area contributed by atoms with E-state index < -0.39 is 0 Å². The zero-order valence-electron chi connectivity index (χ0n) is 12.8. The molecule has 1 saturated heterocycles. The number of nitrogens with zero attached hydrogens (tertiary/aromatic N) is 3. The van der Waals surface area contributed by atoms with E-state index in [-0.39, 0.29) is 12.0 Å². The van der Waals surface area contributed by atoms with Gasteiger partial charge in [-0.15, -0.1) is 0 Å². The van der Waals surface area contributed by atoms with Crippen LogP contribution in [0.5, 0.6) is 0 Å². The molecule has 0 aromatic carbocycles. The summed E-state index contributed by atoms with van der Waals surface area (Å²) in [5.41, 5.74) is 1.78. The van der Waals surface area contributed by atoms with Crippen molar-refractivity contribution in [3.8, 4) is 0 Å². The number of ether oxygens (including phenoxy) is 1. The van der Waals surface area contributed by atoms with E-state index in [1.165, 1.54) is 0 Å². The molecule has 0 N–H and O–H groups in total. The number of carbonyl (C=O) groups is 1. The standard InChI is InChI=1S/C17H21N3O2/c1-19-10-2-5-16(19)17(21)20(13-15-4-3-11-22-15)12-14-6-8-18-9-7-14/h2,5-10,15H,3-4,11-13H2,1H3/t15-/m0/s1. The molecular formula is C17H21N3O2. The third-order valence-electron chi connectivity index (χ3n) is 4.02. The van der Waals surface area contributed by atoms with Gasteiger partial charge in [0.1, 0.15) is 5.69 Å². The molecule has 22 heavy (non-hydrogen) atoms. The van der Waals surface area contributed by atoms with Crippen LogP contribution in [0.15, 0.2) is 42.9 Å². The van der Waals surface area contributed by atoms with E-state index in [0.29, 0.717) is 18.8 Å². The lowest BCUT2D eigenvalue weighted by Crippen LogP contribution is -2.37. The fourth-order valence-electron chi connectivity index (χ4n) is 2.81. The van der Waals surface area contributed by atoms with E-state index in [9.17, 15) is 4.79 Å². The molecule has 0 saturated carbocycles. The van der Waals surface area contributed by atoms with Crippen molar-refractivity contribution in [1.29, 1.82) is 0 Å². The summed E-state index contributed by atoms with van der Waals surface area (Å²) in [6.07, 6.45) is 7.65. The number of carbonyl (C=O) groups excluding carboxylic acids is 1. The van der Waals surface area contributed by atoms with Crippen LogP contribution >= 0.6 is 0 Å². The summed E-state index contributed by atoms with van der Waals surface area (Å²) >= 11 is 0. The van der Waals surface area contributed by atoms with Gasteiger partial charge in [-0.05, 0) is 42.7 Å². The molecule has 1 amide bonds. The number of amides is 1. The van der Waals surface area contributed by atoms with Crippen molar-refractivity contribution in [2.75, 3.05) is 13.2 Å². The molecule has 2 aromatic rings. The Morgan fingerprint density at radius 3 is 2.86 bits per heavy atom. The zero-order chi connectivity index (χ0) is 15.4.